The first-order chi connectivity index (χ1) is 9.83. The largest absolute Gasteiger partial charge is 0.310 e. The summed E-state index contributed by atoms with van der Waals surface area (Å²) in [5.41, 5.74) is 1.35. The zero-order valence-electron chi connectivity index (χ0n) is 12.0. The van der Waals surface area contributed by atoms with E-state index in [1.54, 1.807) is 24.3 Å². The topological polar surface area (TPSA) is 37.8 Å². The van der Waals surface area contributed by atoms with E-state index in [0.29, 0.717) is 6.04 Å². The van der Waals surface area contributed by atoms with Crippen molar-refractivity contribution in [1.29, 1.82) is 0 Å². The molecule has 1 N–H and O–H groups in total. The van der Waals surface area contributed by atoms with Crippen molar-refractivity contribution in [2.75, 3.05) is 6.54 Å². The van der Waals surface area contributed by atoms with Gasteiger partial charge >= 0.3 is 0 Å². The molecule has 0 spiro atoms. The highest BCUT2D eigenvalue weighted by Crippen LogP contribution is 2.27. The summed E-state index contributed by atoms with van der Waals surface area (Å²) in [6.07, 6.45) is 5.63. The minimum atomic E-state index is 0.452. The zero-order chi connectivity index (χ0) is 14.2. The Morgan fingerprint density at radius 3 is 2.55 bits per heavy atom. The van der Waals surface area contributed by atoms with Gasteiger partial charge in [0, 0.05) is 17.1 Å². The molecule has 4 heteroatoms. The Balaban J connectivity index is 2.02. The van der Waals surface area contributed by atoms with E-state index in [0.717, 1.165) is 24.4 Å². The first-order valence-electron chi connectivity index (χ1n) is 7.10. The molecule has 1 unspecified atom stereocenters. The molecular weight excluding hydrogens is 266 g/mol. The van der Waals surface area contributed by atoms with Gasteiger partial charge in [0.25, 0.3) is 0 Å². The summed E-state index contributed by atoms with van der Waals surface area (Å²) in [6, 6.07) is 11.1. The Morgan fingerprint density at radius 2 is 1.95 bits per heavy atom. The van der Waals surface area contributed by atoms with Crippen LogP contribution in [0.4, 0.5) is 0 Å². The van der Waals surface area contributed by atoms with Crippen LogP contribution in [-0.2, 0) is 0 Å². The van der Waals surface area contributed by atoms with Crippen LogP contribution >= 0.6 is 11.8 Å². The number of aromatic nitrogens is 2. The highest BCUT2D eigenvalue weighted by molar-refractivity contribution is 7.99. The van der Waals surface area contributed by atoms with E-state index in [4.69, 9.17) is 0 Å². The SMILES string of the molecule is CCCNC(CC)c1ccc(Sc2ccncn2)cc1. The van der Waals surface area contributed by atoms with Crippen LogP contribution in [0, 0.1) is 0 Å². The van der Waals surface area contributed by atoms with Crippen molar-refractivity contribution in [3.63, 3.8) is 0 Å². The molecule has 0 amide bonds. The highest BCUT2D eigenvalue weighted by atomic mass is 32.2. The summed E-state index contributed by atoms with van der Waals surface area (Å²) in [4.78, 5) is 9.37. The third-order valence-corrected chi connectivity index (χ3v) is 4.07. The summed E-state index contributed by atoms with van der Waals surface area (Å²) in [5.74, 6) is 0. The van der Waals surface area contributed by atoms with E-state index in [1.165, 1.54) is 10.5 Å². The van der Waals surface area contributed by atoms with E-state index >= 15 is 0 Å². The first-order valence-corrected chi connectivity index (χ1v) is 7.92. The van der Waals surface area contributed by atoms with Crippen LogP contribution in [0.15, 0.2) is 52.8 Å². The molecule has 0 aliphatic heterocycles. The van der Waals surface area contributed by atoms with Crippen LogP contribution in [0.2, 0.25) is 0 Å². The third kappa shape index (κ3) is 4.32. The Labute approximate surface area is 125 Å². The van der Waals surface area contributed by atoms with Crippen LogP contribution in [0.1, 0.15) is 38.3 Å². The lowest BCUT2D eigenvalue weighted by molar-refractivity contribution is 0.518. The van der Waals surface area contributed by atoms with Gasteiger partial charge in [-0.25, -0.2) is 9.97 Å². The van der Waals surface area contributed by atoms with Gasteiger partial charge in [-0.1, -0.05) is 37.7 Å². The molecule has 1 atom stereocenters. The van der Waals surface area contributed by atoms with Crippen LogP contribution in [-0.4, -0.2) is 16.5 Å². The van der Waals surface area contributed by atoms with Crippen LogP contribution < -0.4 is 5.32 Å². The summed E-state index contributed by atoms with van der Waals surface area (Å²) >= 11 is 1.66. The summed E-state index contributed by atoms with van der Waals surface area (Å²) in [6.45, 7) is 5.48. The highest BCUT2D eigenvalue weighted by Gasteiger charge is 2.08. The standard InChI is InChI=1S/C16H21N3S/c1-3-10-18-15(4-2)13-5-7-14(8-6-13)20-16-9-11-17-12-19-16/h5-9,11-12,15,18H,3-4,10H2,1-2H3. The van der Waals surface area contributed by atoms with Gasteiger partial charge in [-0.3, -0.25) is 0 Å². The maximum absolute atomic E-state index is 4.23. The van der Waals surface area contributed by atoms with Crippen LogP contribution in [0.3, 0.4) is 0 Å². The Kier molecular flexibility index (Phi) is 6.02. The second-order valence-electron chi connectivity index (χ2n) is 4.63. The molecule has 2 rings (SSSR count). The number of rotatable bonds is 7. The van der Waals surface area contributed by atoms with Crippen molar-refractivity contribution in [1.82, 2.24) is 15.3 Å². The zero-order valence-corrected chi connectivity index (χ0v) is 12.9. The molecule has 106 valence electrons. The van der Waals surface area contributed by atoms with Gasteiger partial charge in [0.2, 0.25) is 0 Å². The molecule has 0 bridgehead atoms. The number of nitrogens with one attached hydrogen (secondary N) is 1. The van der Waals surface area contributed by atoms with Crippen molar-refractivity contribution in [3.05, 3.63) is 48.4 Å². The maximum Gasteiger partial charge on any atom is 0.116 e. The fourth-order valence-electron chi connectivity index (χ4n) is 2.04. The molecule has 0 fully saturated rings. The summed E-state index contributed by atoms with van der Waals surface area (Å²) in [7, 11) is 0. The average molecular weight is 287 g/mol. The predicted octanol–water partition coefficient (Wildman–Crippen LogP) is 4.08. The van der Waals surface area contributed by atoms with Crippen molar-refractivity contribution < 1.29 is 0 Å². The smallest absolute Gasteiger partial charge is 0.116 e. The Morgan fingerprint density at radius 1 is 1.15 bits per heavy atom. The minimum Gasteiger partial charge on any atom is -0.310 e. The van der Waals surface area contributed by atoms with Crippen molar-refractivity contribution in [2.24, 2.45) is 0 Å². The van der Waals surface area contributed by atoms with E-state index in [2.05, 4.69) is 53.4 Å². The molecule has 0 radical (unpaired) electrons. The van der Waals surface area contributed by atoms with E-state index in [1.807, 2.05) is 6.07 Å². The minimum absolute atomic E-state index is 0.452. The Bertz CT molecular complexity index is 499. The summed E-state index contributed by atoms with van der Waals surface area (Å²) < 4.78 is 0. The maximum atomic E-state index is 4.23. The monoisotopic (exact) mass is 287 g/mol. The molecule has 1 aromatic carbocycles. The van der Waals surface area contributed by atoms with Gasteiger partial charge in [0.05, 0.1) is 0 Å². The number of nitrogens with zero attached hydrogens (tertiary/aromatic N) is 2. The first kappa shape index (κ1) is 15.0. The lowest BCUT2D eigenvalue weighted by Gasteiger charge is -2.17. The quantitative estimate of drug-likeness (QED) is 0.779. The molecule has 1 heterocycles. The van der Waals surface area contributed by atoms with E-state index in [9.17, 15) is 0 Å². The van der Waals surface area contributed by atoms with E-state index in [-0.39, 0.29) is 0 Å². The Hall–Kier alpha value is -1.39. The van der Waals surface area contributed by atoms with Crippen LogP contribution in [0.5, 0.6) is 0 Å². The molecule has 0 saturated heterocycles. The molecule has 20 heavy (non-hydrogen) atoms. The van der Waals surface area contributed by atoms with Gasteiger partial charge in [0.1, 0.15) is 11.4 Å². The van der Waals surface area contributed by atoms with Gasteiger partial charge in [0.15, 0.2) is 0 Å². The number of hydrogen-bond acceptors (Lipinski definition) is 4. The molecular formula is C16H21N3S. The van der Waals surface area contributed by atoms with Gasteiger partial charge in [-0.15, -0.1) is 0 Å². The average Bonchev–Trinajstić information content (AvgIpc) is 2.50. The molecule has 1 aromatic heterocycles. The molecule has 0 aliphatic rings. The lowest BCUT2D eigenvalue weighted by Crippen LogP contribution is -2.21. The van der Waals surface area contributed by atoms with E-state index < -0.39 is 0 Å². The van der Waals surface area contributed by atoms with Gasteiger partial charge in [-0.05, 0) is 43.1 Å². The predicted molar refractivity (Wildman–Crippen MR) is 83.9 cm³/mol. The van der Waals surface area contributed by atoms with Crippen LogP contribution in [0.25, 0.3) is 0 Å². The number of benzene rings is 1. The third-order valence-electron chi connectivity index (χ3n) is 3.11. The fraction of sp³-hybridized carbons (Fsp3) is 0.375. The second-order valence-corrected chi connectivity index (χ2v) is 5.73. The van der Waals surface area contributed by atoms with Crippen molar-refractivity contribution in [2.45, 2.75) is 42.7 Å². The fourth-order valence-corrected chi connectivity index (χ4v) is 2.79. The molecule has 0 aliphatic carbocycles. The second kappa shape index (κ2) is 8.02. The van der Waals surface area contributed by atoms with Gasteiger partial charge < -0.3 is 5.32 Å². The van der Waals surface area contributed by atoms with Crippen molar-refractivity contribution >= 4 is 11.8 Å². The number of hydrogen-bond donors (Lipinski definition) is 1. The summed E-state index contributed by atoms with van der Waals surface area (Å²) in [5, 5.41) is 4.55. The molecule has 3 nitrogen and oxygen atoms in total. The molecule has 0 saturated carbocycles. The van der Waals surface area contributed by atoms with Gasteiger partial charge in [-0.2, -0.15) is 0 Å². The normalized spacial score (nSPS) is 12.3. The lowest BCUT2D eigenvalue weighted by atomic mass is 10.0. The van der Waals surface area contributed by atoms with Crippen molar-refractivity contribution in [3.8, 4) is 0 Å². The molecule has 2 aromatic rings.